The zero-order chi connectivity index (χ0) is 13.9. The number of nitrogens with zero attached hydrogens (tertiary/aromatic N) is 2. The minimum absolute atomic E-state index is 0.309. The van der Waals surface area contributed by atoms with Gasteiger partial charge in [0, 0.05) is 19.1 Å². The smallest absolute Gasteiger partial charge is 0.242 e. The number of carbonyl (C=O) groups is 1. The van der Waals surface area contributed by atoms with Gasteiger partial charge in [-0.25, -0.2) is 0 Å². The molecule has 2 saturated heterocycles. The Morgan fingerprint density at radius 3 is 2.68 bits per heavy atom. The van der Waals surface area contributed by atoms with Gasteiger partial charge >= 0.3 is 0 Å². The molecule has 2 heterocycles. The van der Waals surface area contributed by atoms with Crippen LogP contribution in [0.3, 0.4) is 0 Å². The third-order valence-electron chi connectivity index (χ3n) is 4.87. The first-order valence-electron chi connectivity index (χ1n) is 7.89. The summed E-state index contributed by atoms with van der Waals surface area (Å²) in [6.07, 6.45) is 4.48. The molecule has 2 rings (SSSR count). The lowest BCUT2D eigenvalue weighted by molar-refractivity contribution is -0.137. The normalized spacial score (nSPS) is 32.0. The number of amides is 1. The third-order valence-corrected chi connectivity index (χ3v) is 4.87. The molecule has 0 spiro atoms. The van der Waals surface area contributed by atoms with Gasteiger partial charge in [-0.3, -0.25) is 9.69 Å². The van der Waals surface area contributed by atoms with E-state index in [0.29, 0.717) is 11.9 Å². The summed E-state index contributed by atoms with van der Waals surface area (Å²) < 4.78 is 0. The van der Waals surface area contributed by atoms with Crippen LogP contribution in [0.5, 0.6) is 0 Å². The van der Waals surface area contributed by atoms with Crippen molar-refractivity contribution in [2.24, 2.45) is 0 Å². The van der Waals surface area contributed by atoms with Crippen LogP contribution in [-0.2, 0) is 4.79 Å². The van der Waals surface area contributed by atoms with E-state index < -0.39 is 0 Å². The summed E-state index contributed by atoms with van der Waals surface area (Å²) in [5.74, 6) is 0.321. The fourth-order valence-corrected chi connectivity index (χ4v) is 3.55. The monoisotopic (exact) mass is 267 g/mol. The van der Waals surface area contributed by atoms with Crippen molar-refractivity contribution in [3.63, 3.8) is 0 Å². The molecule has 2 unspecified atom stereocenters. The van der Waals surface area contributed by atoms with Crippen LogP contribution in [-0.4, -0.2) is 60.0 Å². The molecule has 0 aromatic carbocycles. The fourth-order valence-electron chi connectivity index (χ4n) is 3.55. The van der Waals surface area contributed by atoms with Crippen molar-refractivity contribution in [1.29, 1.82) is 0 Å². The zero-order valence-corrected chi connectivity index (χ0v) is 12.7. The van der Waals surface area contributed by atoms with Gasteiger partial charge in [0.2, 0.25) is 5.91 Å². The standard InChI is InChI=1S/C15H29N3O/c1-4-17(5-2)13-8-11-18(12-13)14(19)15(3)9-6-7-10-16-15/h13,16H,4-12H2,1-3H3. The summed E-state index contributed by atoms with van der Waals surface area (Å²) in [6.45, 7) is 11.5. The molecule has 19 heavy (non-hydrogen) atoms. The van der Waals surface area contributed by atoms with E-state index >= 15 is 0 Å². The largest absolute Gasteiger partial charge is 0.339 e. The van der Waals surface area contributed by atoms with Gasteiger partial charge in [-0.05, 0) is 52.2 Å². The first-order valence-corrected chi connectivity index (χ1v) is 7.89. The second kappa shape index (κ2) is 6.23. The van der Waals surface area contributed by atoms with Gasteiger partial charge in [-0.2, -0.15) is 0 Å². The van der Waals surface area contributed by atoms with Gasteiger partial charge in [0.1, 0.15) is 0 Å². The van der Waals surface area contributed by atoms with Crippen molar-refractivity contribution < 1.29 is 4.79 Å². The molecular weight excluding hydrogens is 238 g/mol. The number of likely N-dealkylation sites (tertiary alicyclic amines) is 1. The van der Waals surface area contributed by atoms with Gasteiger partial charge < -0.3 is 10.2 Å². The van der Waals surface area contributed by atoms with Crippen LogP contribution in [0, 0.1) is 0 Å². The van der Waals surface area contributed by atoms with E-state index in [1.807, 2.05) is 0 Å². The van der Waals surface area contributed by atoms with Gasteiger partial charge in [-0.15, -0.1) is 0 Å². The van der Waals surface area contributed by atoms with E-state index in [4.69, 9.17) is 0 Å². The maximum Gasteiger partial charge on any atom is 0.242 e. The second-order valence-corrected chi connectivity index (χ2v) is 6.13. The van der Waals surface area contributed by atoms with Crippen LogP contribution in [0.25, 0.3) is 0 Å². The highest BCUT2D eigenvalue weighted by Crippen LogP contribution is 2.24. The average molecular weight is 267 g/mol. The molecular formula is C15H29N3O. The number of hydrogen-bond donors (Lipinski definition) is 1. The van der Waals surface area contributed by atoms with Crippen LogP contribution in [0.15, 0.2) is 0 Å². The lowest BCUT2D eigenvalue weighted by Crippen LogP contribution is -2.57. The number of hydrogen-bond acceptors (Lipinski definition) is 3. The van der Waals surface area contributed by atoms with Crippen LogP contribution < -0.4 is 5.32 Å². The molecule has 2 aliphatic rings. The summed E-state index contributed by atoms with van der Waals surface area (Å²) >= 11 is 0. The Bertz CT molecular complexity index is 309. The summed E-state index contributed by atoms with van der Waals surface area (Å²) in [4.78, 5) is 17.3. The predicted molar refractivity (Wildman–Crippen MR) is 78.2 cm³/mol. The highest BCUT2D eigenvalue weighted by atomic mass is 16.2. The highest BCUT2D eigenvalue weighted by molar-refractivity contribution is 5.86. The fraction of sp³-hybridized carbons (Fsp3) is 0.933. The zero-order valence-electron chi connectivity index (χ0n) is 12.7. The molecule has 2 atom stereocenters. The molecule has 4 nitrogen and oxygen atoms in total. The third kappa shape index (κ3) is 3.11. The van der Waals surface area contributed by atoms with Crippen molar-refractivity contribution in [1.82, 2.24) is 15.1 Å². The predicted octanol–water partition coefficient (Wildman–Crippen LogP) is 1.46. The average Bonchev–Trinajstić information content (AvgIpc) is 2.90. The Morgan fingerprint density at radius 1 is 1.37 bits per heavy atom. The van der Waals surface area contributed by atoms with Crippen molar-refractivity contribution in [3.05, 3.63) is 0 Å². The Labute approximate surface area is 117 Å². The maximum absolute atomic E-state index is 12.7. The molecule has 0 radical (unpaired) electrons. The second-order valence-electron chi connectivity index (χ2n) is 6.13. The number of piperidine rings is 1. The topological polar surface area (TPSA) is 35.6 Å². The first-order chi connectivity index (χ1) is 9.10. The van der Waals surface area contributed by atoms with E-state index in [1.54, 1.807) is 0 Å². The van der Waals surface area contributed by atoms with Crippen LogP contribution >= 0.6 is 0 Å². The molecule has 2 fully saturated rings. The molecule has 0 saturated carbocycles. The van der Waals surface area contributed by atoms with Crippen LogP contribution in [0.2, 0.25) is 0 Å². The maximum atomic E-state index is 12.7. The van der Waals surface area contributed by atoms with Gasteiger partial charge in [0.05, 0.1) is 5.54 Å². The van der Waals surface area contributed by atoms with Crippen LogP contribution in [0.4, 0.5) is 0 Å². The Balaban J connectivity index is 1.94. The Morgan fingerprint density at radius 2 is 2.11 bits per heavy atom. The molecule has 0 aromatic heterocycles. The van der Waals surface area contributed by atoms with Crippen LogP contribution in [0.1, 0.15) is 46.5 Å². The number of likely N-dealkylation sites (N-methyl/N-ethyl adjacent to an activating group) is 1. The molecule has 110 valence electrons. The summed E-state index contributed by atoms with van der Waals surface area (Å²) in [7, 11) is 0. The molecule has 2 aliphatic heterocycles. The minimum atomic E-state index is -0.309. The van der Waals surface area contributed by atoms with Crippen molar-refractivity contribution in [2.45, 2.75) is 58.0 Å². The van der Waals surface area contributed by atoms with Crippen molar-refractivity contribution >= 4 is 5.91 Å². The molecule has 1 amide bonds. The van der Waals surface area contributed by atoms with Gasteiger partial charge in [-0.1, -0.05) is 13.8 Å². The van der Waals surface area contributed by atoms with E-state index in [2.05, 4.69) is 35.9 Å². The number of carbonyl (C=O) groups excluding carboxylic acids is 1. The lowest BCUT2D eigenvalue weighted by Gasteiger charge is -2.37. The summed E-state index contributed by atoms with van der Waals surface area (Å²) in [5.41, 5.74) is -0.309. The molecule has 4 heteroatoms. The number of nitrogens with one attached hydrogen (secondary N) is 1. The first kappa shape index (κ1) is 14.8. The summed E-state index contributed by atoms with van der Waals surface area (Å²) in [5, 5.41) is 3.44. The van der Waals surface area contributed by atoms with Crippen molar-refractivity contribution in [2.75, 3.05) is 32.7 Å². The quantitative estimate of drug-likeness (QED) is 0.837. The Kier molecular flexibility index (Phi) is 4.85. The molecule has 0 aliphatic carbocycles. The van der Waals surface area contributed by atoms with Gasteiger partial charge in [0.25, 0.3) is 0 Å². The SMILES string of the molecule is CCN(CC)C1CCN(C(=O)C2(C)CCCCN2)C1. The van der Waals surface area contributed by atoms with E-state index in [1.165, 1.54) is 12.8 Å². The summed E-state index contributed by atoms with van der Waals surface area (Å²) in [6, 6.07) is 0.561. The molecule has 0 aromatic rings. The molecule has 1 N–H and O–H groups in total. The molecule has 0 bridgehead atoms. The highest BCUT2D eigenvalue weighted by Gasteiger charge is 2.40. The van der Waals surface area contributed by atoms with E-state index in [9.17, 15) is 4.79 Å². The van der Waals surface area contributed by atoms with Crippen molar-refractivity contribution in [3.8, 4) is 0 Å². The van der Waals surface area contributed by atoms with Gasteiger partial charge in [0.15, 0.2) is 0 Å². The lowest BCUT2D eigenvalue weighted by atomic mass is 9.89. The number of rotatable bonds is 4. The Hall–Kier alpha value is -0.610. The van der Waals surface area contributed by atoms with E-state index in [-0.39, 0.29) is 5.54 Å². The minimum Gasteiger partial charge on any atom is -0.339 e. The van der Waals surface area contributed by atoms with E-state index in [0.717, 1.165) is 45.6 Å².